The van der Waals surface area contributed by atoms with Crippen molar-refractivity contribution in [2.45, 2.75) is 26.2 Å². The number of ether oxygens (including phenoxy) is 1. The van der Waals surface area contributed by atoms with Crippen molar-refractivity contribution in [1.29, 1.82) is 0 Å². The zero-order valence-electron chi connectivity index (χ0n) is 14.1. The van der Waals surface area contributed by atoms with Crippen LogP contribution in [-0.4, -0.2) is 18.8 Å². The molecule has 0 aliphatic heterocycles. The third-order valence-electron chi connectivity index (χ3n) is 3.81. The largest absolute Gasteiger partial charge is 0.497 e. The lowest BCUT2D eigenvalue weighted by molar-refractivity contribution is -0.115. The van der Waals surface area contributed by atoms with Crippen molar-refractivity contribution in [2.75, 3.05) is 12.4 Å². The number of nitrogens with one attached hydrogen (secondary N) is 1. The van der Waals surface area contributed by atoms with Gasteiger partial charge in [-0.3, -0.25) is 9.59 Å². The van der Waals surface area contributed by atoms with Gasteiger partial charge in [0.25, 0.3) is 0 Å². The number of benzene rings is 1. The lowest BCUT2D eigenvalue weighted by Gasteiger charge is -2.05. The number of ketones is 1. The van der Waals surface area contributed by atoms with Gasteiger partial charge in [-0.2, -0.15) is 0 Å². The van der Waals surface area contributed by atoms with E-state index in [0.29, 0.717) is 35.2 Å². The second-order valence-corrected chi connectivity index (χ2v) is 6.68. The van der Waals surface area contributed by atoms with Crippen molar-refractivity contribution in [1.82, 2.24) is 0 Å². The van der Waals surface area contributed by atoms with Gasteiger partial charge in [-0.15, -0.1) is 11.3 Å². The fourth-order valence-electron chi connectivity index (χ4n) is 2.62. The van der Waals surface area contributed by atoms with E-state index in [1.807, 2.05) is 24.4 Å². The van der Waals surface area contributed by atoms with Crippen LogP contribution in [0.5, 0.6) is 5.75 Å². The summed E-state index contributed by atoms with van der Waals surface area (Å²) in [4.78, 5) is 25.8. The molecule has 0 spiro atoms. The third kappa shape index (κ3) is 3.74. The van der Waals surface area contributed by atoms with E-state index in [1.54, 1.807) is 25.3 Å². The number of Topliss-reactive ketones (excluding diaryl/α,β-unsaturated/α-hetero) is 1. The summed E-state index contributed by atoms with van der Waals surface area (Å²) in [6.07, 6.45) is 1.34. The SMILES string of the molecule is CCCC(=O)c1oc2cc(OC)ccc2c1NC(=O)Cc1cccs1. The minimum absolute atomic E-state index is 0.121. The maximum Gasteiger partial charge on any atom is 0.229 e. The number of fused-ring (bicyclic) bond motifs is 1. The first-order valence-electron chi connectivity index (χ1n) is 8.08. The maximum absolute atomic E-state index is 12.4. The Balaban J connectivity index is 1.96. The monoisotopic (exact) mass is 357 g/mol. The zero-order valence-corrected chi connectivity index (χ0v) is 14.9. The number of thiophene rings is 1. The average molecular weight is 357 g/mol. The van der Waals surface area contributed by atoms with E-state index in [2.05, 4.69) is 5.32 Å². The number of anilines is 1. The summed E-state index contributed by atoms with van der Waals surface area (Å²) in [5, 5.41) is 5.48. The number of hydrogen-bond acceptors (Lipinski definition) is 5. The highest BCUT2D eigenvalue weighted by Crippen LogP contribution is 2.34. The van der Waals surface area contributed by atoms with Gasteiger partial charge in [-0.25, -0.2) is 0 Å². The number of rotatable bonds is 7. The van der Waals surface area contributed by atoms with Gasteiger partial charge in [0.15, 0.2) is 11.5 Å². The Kier molecular flexibility index (Phi) is 5.19. The normalized spacial score (nSPS) is 10.8. The van der Waals surface area contributed by atoms with Gasteiger partial charge in [-0.1, -0.05) is 13.0 Å². The van der Waals surface area contributed by atoms with Crippen molar-refractivity contribution >= 4 is 39.7 Å². The molecule has 0 fully saturated rings. The Morgan fingerprint density at radius 3 is 2.80 bits per heavy atom. The molecule has 2 aromatic heterocycles. The molecule has 0 aliphatic carbocycles. The van der Waals surface area contributed by atoms with Gasteiger partial charge >= 0.3 is 0 Å². The molecule has 130 valence electrons. The molecule has 1 N–H and O–H groups in total. The molecule has 25 heavy (non-hydrogen) atoms. The van der Waals surface area contributed by atoms with Crippen LogP contribution >= 0.6 is 11.3 Å². The lowest BCUT2D eigenvalue weighted by atomic mass is 10.1. The van der Waals surface area contributed by atoms with Crippen LogP contribution in [0.3, 0.4) is 0 Å². The number of carbonyl (C=O) groups excluding carboxylic acids is 2. The summed E-state index contributed by atoms with van der Waals surface area (Å²) in [6, 6.07) is 9.10. The molecule has 0 aliphatic rings. The van der Waals surface area contributed by atoms with Crippen molar-refractivity contribution in [2.24, 2.45) is 0 Å². The Labute approximate surface area is 149 Å². The fraction of sp³-hybridized carbons (Fsp3) is 0.263. The van der Waals surface area contributed by atoms with Crippen LogP contribution in [0, 0.1) is 0 Å². The second-order valence-electron chi connectivity index (χ2n) is 5.65. The molecule has 1 amide bonds. The summed E-state index contributed by atoms with van der Waals surface area (Å²) in [5.41, 5.74) is 0.961. The summed E-state index contributed by atoms with van der Waals surface area (Å²) < 4.78 is 11.0. The molecule has 2 heterocycles. The van der Waals surface area contributed by atoms with Crippen LogP contribution in [0.1, 0.15) is 35.2 Å². The number of amides is 1. The van der Waals surface area contributed by atoms with Crippen molar-refractivity contribution in [3.8, 4) is 5.75 Å². The van der Waals surface area contributed by atoms with E-state index in [9.17, 15) is 9.59 Å². The molecule has 0 radical (unpaired) electrons. The molecule has 3 aromatic rings. The first-order valence-corrected chi connectivity index (χ1v) is 8.96. The number of methoxy groups -OCH3 is 1. The highest BCUT2D eigenvalue weighted by atomic mass is 32.1. The number of carbonyl (C=O) groups is 2. The minimum Gasteiger partial charge on any atom is -0.497 e. The van der Waals surface area contributed by atoms with Gasteiger partial charge in [0.05, 0.1) is 19.2 Å². The smallest absolute Gasteiger partial charge is 0.229 e. The van der Waals surface area contributed by atoms with E-state index in [4.69, 9.17) is 9.15 Å². The lowest BCUT2D eigenvalue weighted by Crippen LogP contribution is -2.15. The Hall–Kier alpha value is -2.60. The average Bonchev–Trinajstić information content (AvgIpc) is 3.22. The summed E-state index contributed by atoms with van der Waals surface area (Å²) >= 11 is 1.52. The fourth-order valence-corrected chi connectivity index (χ4v) is 3.32. The molecule has 0 bridgehead atoms. The molecule has 1 aromatic carbocycles. The zero-order chi connectivity index (χ0) is 17.8. The third-order valence-corrected chi connectivity index (χ3v) is 4.68. The quantitative estimate of drug-likeness (QED) is 0.624. The maximum atomic E-state index is 12.4. The number of hydrogen-bond donors (Lipinski definition) is 1. The minimum atomic E-state index is -0.175. The van der Waals surface area contributed by atoms with Crippen LogP contribution in [0.25, 0.3) is 11.0 Å². The van der Waals surface area contributed by atoms with E-state index < -0.39 is 0 Å². The standard InChI is InChI=1S/C19H19NO4S/c1-3-5-15(21)19-18(20-17(22)11-13-6-4-9-25-13)14-8-7-12(23-2)10-16(14)24-19/h4,6-10H,3,5,11H2,1-2H3,(H,20,22). The first-order chi connectivity index (χ1) is 12.1. The molecular weight excluding hydrogens is 338 g/mol. The van der Waals surface area contributed by atoms with Crippen molar-refractivity contribution < 1.29 is 18.7 Å². The van der Waals surface area contributed by atoms with Gasteiger partial charge in [-0.05, 0) is 30.0 Å². The topological polar surface area (TPSA) is 68.5 Å². The molecule has 0 saturated carbocycles. The van der Waals surface area contributed by atoms with Gasteiger partial charge in [0.1, 0.15) is 11.3 Å². The first kappa shape index (κ1) is 17.2. The van der Waals surface area contributed by atoms with Crippen LogP contribution in [0.2, 0.25) is 0 Å². The van der Waals surface area contributed by atoms with Crippen molar-refractivity contribution in [3.05, 3.63) is 46.3 Å². The second kappa shape index (κ2) is 7.53. The van der Waals surface area contributed by atoms with Crippen LogP contribution in [0.4, 0.5) is 5.69 Å². The molecule has 0 unspecified atom stereocenters. The highest BCUT2D eigenvalue weighted by Gasteiger charge is 2.22. The van der Waals surface area contributed by atoms with Gasteiger partial charge < -0.3 is 14.5 Å². The summed E-state index contributed by atoms with van der Waals surface area (Å²) in [6.45, 7) is 1.93. The number of furan rings is 1. The van der Waals surface area contributed by atoms with E-state index in [-0.39, 0.29) is 23.9 Å². The Bertz CT molecular complexity index is 896. The van der Waals surface area contributed by atoms with Gasteiger partial charge in [0.2, 0.25) is 5.91 Å². The molecule has 0 atom stereocenters. The Morgan fingerprint density at radius 2 is 2.12 bits per heavy atom. The predicted octanol–water partition coefficient (Wildman–Crippen LogP) is 4.67. The molecule has 3 rings (SSSR count). The van der Waals surface area contributed by atoms with Crippen LogP contribution in [0.15, 0.2) is 40.1 Å². The van der Waals surface area contributed by atoms with Gasteiger partial charge in [0, 0.05) is 22.8 Å². The van der Waals surface area contributed by atoms with E-state index in [1.165, 1.54) is 11.3 Å². The summed E-state index contributed by atoms with van der Waals surface area (Å²) in [7, 11) is 1.57. The van der Waals surface area contributed by atoms with Crippen molar-refractivity contribution in [3.63, 3.8) is 0 Å². The molecule has 5 nitrogen and oxygen atoms in total. The summed E-state index contributed by atoms with van der Waals surface area (Å²) in [5.74, 6) is 0.535. The molecule has 6 heteroatoms. The van der Waals surface area contributed by atoms with E-state index in [0.717, 1.165) is 4.88 Å². The highest BCUT2D eigenvalue weighted by molar-refractivity contribution is 7.10. The Morgan fingerprint density at radius 1 is 1.28 bits per heavy atom. The van der Waals surface area contributed by atoms with E-state index >= 15 is 0 Å². The van der Waals surface area contributed by atoms with Crippen LogP contribution in [-0.2, 0) is 11.2 Å². The van der Waals surface area contributed by atoms with Crippen LogP contribution < -0.4 is 10.1 Å². The molecule has 0 saturated heterocycles. The molecular formula is C19H19NO4S. The predicted molar refractivity (Wildman–Crippen MR) is 98.7 cm³/mol.